The van der Waals surface area contributed by atoms with Crippen molar-refractivity contribution in [1.29, 1.82) is 0 Å². The molecule has 5 nitrogen and oxygen atoms in total. The molecule has 0 atom stereocenters. The number of ether oxygens (including phenoxy) is 1. The maximum Gasteiger partial charge on any atom is 0.257 e. The standard InChI is InChI=1S/C13H13N3O2/c1-18-10-2-3-11(12(14)8-10)13(17)16-9-4-6-15-7-5-9/h2-8H,14H2,1H3,(H,15,16,17). The number of pyridine rings is 1. The number of carbonyl (C=O) groups is 1. The lowest BCUT2D eigenvalue weighted by molar-refractivity contribution is 0.102. The Morgan fingerprint density at radius 2 is 2.00 bits per heavy atom. The molecule has 0 aliphatic rings. The molecule has 0 aliphatic carbocycles. The first-order valence-corrected chi connectivity index (χ1v) is 5.35. The summed E-state index contributed by atoms with van der Waals surface area (Å²) < 4.78 is 5.03. The van der Waals surface area contributed by atoms with Crippen molar-refractivity contribution in [3.63, 3.8) is 0 Å². The number of hydrogen-bond donors (Lipinski definition) is 2. The average molecular weight is 243 g/mol. The van der Waals surface area contributed by atoms with Crippen LogP contribution in [-0.2, 0) is 0 Å². The molecule has 0 unspecified atom stereocenters. The Morgan fingerprint density at radius 1 is 1.28 bits per heavy atom. The van der Waals surface area contributed by atoms with Crippen LogP contribution in [0.25, 0.3) is 0 Å². The second-order valence-corrected chi connectivity index (χ2v) is 3.64. The molecule has 92 valence electrons. The molecule has 1 heterocycles. The summed E-state index contributed by atoms with van der Waals surface area (Å²) in [4.78, 5) is 15.9. The van der Waals surface area contributed by atoms with Crippen LogP contribution in [0.5, 0.6) is 5.75 Å². The van der Waals surface area contributed by atoms with Crippen LogP contribution in [0.15, 0.2) is 42.7 Å². The summed E-state index contributed by atoms with van der Waals surface area (Å²) in [5, 5.41) is 2.74. The number of anilines is 2. The number of amides is 1. The van der Waals surface area contributed by atoms with Crippen LogP contribution >= 0.6 is 0 Å². The maximum absolute atomic E-state index is 12.0. The Hall–Kier alpha value is -2.56. The summed E-state index contributed by atoms with van der Waals surface area (Å²) in [6, 6.07) is 8.35. The number of hydrogen-bond acceptors (Lipinski definition) is 4. The molecular weight excluding hydrogens is 230 g/mol. The fourth-order valence-electron chi connectivity index (χ4n) is 1.51. The van der Waals surface area contributed by atoms with E-state index in [4.69, 9.17) is 10.5 Å². The van der Waals surface area contributed by atoms with E-state index in [1.54, 1.807) is 49.8 Å². The fraction of sp³-hybridized carbons (Fsp3) is 0.0769. The van der Waals surface area contributed by atoms with Gasteiger partial charge in [0.2, 0.25) is 0 Å². The molecule has 2 rings (SSSR count). The van der Waals surface area contributed by atoms with Crippen molar-refractivity contribution in [2.45, 2.75) is 0 Å². The number of nitrogens with one attached hydrogen (secondary N) is 1. The monoisotopic (exact) mass is 243 g/mol. The fourth-order valence-corrected chi connectivity index (χ4v) is 1.51. The van der Waals surface area contributed by atoms with Crippen molar-refractivity contribution in [2.75, 3.05) is 18.2 Å². The van der Waals surface area contributed by atoms with Gasteiger partial charge in [0.05, 0.1) is 12.7 Å². The quantitative estimate of drug-likeness (QED) is 0.807. The summed E-state index contributed by atoms with van der Waals surface area (Å²) in [5.41, 5.74) is 7.26. The molecule has 0 saturated heterocycles. The van der Waals surface area contributed by atoms with Gasteiger partial charge >= 0.3 is 0 Å². The second-order valence-electron chi connectivity index (χ2n) is 3.64. The predicted octanol–water partition coefficient (Wildman–Crippen LogP) is 1.92. The van der Waals surface area contributed by atoms with E-state index in [-0.39, 0.29) is 5.91 Å². The van der Waals surface area contributed by atoms with E-state index >= 15 is 0 Å². The third kappa shape index (κ3) is 2.57. The largest absolute Gasteiger partial charge is 0.497 e. The molecule has 0 aliphatic heterocycles. The molecule has 0 radical (unpaired) electrons. The lowest BCUT2D eigenvalue weighted by atomic mass is 10.1. The second kappa shape index (κ2) is 5.18. The van der Waals surface area contributed by atoms with E-state index in [1.807, 2.05) is 0 Å². The molecule has 0 saturated carbocycles. The van der Waals surface area contributed by atoms with Gasteiger partial charge in [0, 0.05) is 29.8 Å². The van der Waals surface area contributed by atoms with Crippen LogP contribution < -0.4 is 15.8 Å². The highest BCUT2D eigenvalue weighted by Crippen LogP contribution is 2.20. The van der Waals surface area contributed by atoms with Crippen LogP contribution in [0, 0.1) is 0 Å². The zero-order chi connectivity index (χ0) is 13.0. The van der Waals surface area contributed by atoms with Crippen molar-refractivity contribution in [3.8, 4) is 5.75 Å². The first-order valence-electron chi connectivity index (χ1n) is 5.35. The van der Waals surface area contributed by atoms with Crippen molar-refractivity contribution in [2.24, 2.45) is 0 Å². The number of benzene rings is 1. The van der Waals surface area contributed by atoms with E-state index in [9.17, 15) is 4.79 Å². The van der Waals surface area contributed by atoms with Crippen LogP contribution in [0.4, 0.5) is 11.4 Å². The number of nitrogen functional groups attached to an aromatic ring is 1. The van der Waals surface area contributed by atoms with Crippen LogP contribution in [0.1, 0.15) is 10.4 Å². The van der Waals surface area contributed by atoms with Crippen molar-refractivity contribution in [1.82, 2.24) is 4.98 Å². The maximum atomic E-state index is 12.0. The molecular formula is C13H13N3O2. The highest BCUT2D eigenvalue weighted by molar-refractivity contribution is 6.07. The summed E-state index contributed by atoms with van der Waals surface area (Å²) >= 11 is 0. The Labute approximate surface area is 105 Å². The zero-order valence-electron chi connectivity index (χ0n) is 9.88. The molecule has 1 amide bonds. The normalized spacial score (nSPS) is 9.83. The molecule has 0 spiro atoms. The van der Waals surface area contributed by atoms with E-state index in [0.29, 0.717) is 22.7 Å². The molecule has 1 aromatic carbocycles. The Morgan fingerprint density at radius 3 is 2.61 bits per heavy atom. The minimum atomic E-state index is -0.263. The minimum Gasteiger partial charge on any atom is -0.497 e. The first-order chi connectivity index (χ1) is 8.70. The average Bonchev–Trinajstić information content (AvgIpc) is 2.39. The Balaban J connectivity index is 2.19. The van der Waals surface area contributed by atoms with E-state index in [2.05, 4.69) is 10.3 Å². The third-order valence-electron chi connectivity index (χ3n) is 2.44. The van der Waals surface area contributed by atoms with E-state index in [1.165, 1.54) is 0 Å². The van der Waals surface area contributed by atoms with Crippen molar-refractivity contribution in [3.05, 3.63) is 48.3 Å². The number of aromatic nitrogens is 1. The molecule has 3 N–H and O–H groups in total. The molecule has 2 aromatic rings. The number of nitrogens with zero attached hydrogens (tertiary/aromatic N) is 1. The summed E-state index contributed by atoms with van der Waals surface area (Å²) in [6.45, 7) is 0. The Bertz CT molecular complexity index is 555. The van der Waals surface area contributed by atoms with E-state index < -0.39 is 0 Å². The third-order valence-corrected chi connectivity index (χ3v) is 2.44. The van der Waals surface area contributed by atoms with Gasteiger partial charge in [0.15, 0.2) is 0 Å². The lowest BCUT2D eigenvalue weighted by Gasteiger charge is -2.08. The predicted molar refractivity (Wildman–Crippen MR) is 69.6 cm³/mol. The topological polar surface area (TPSA) is 77.2 Å². The minimum absolute atomic E-state index is 0.263. The first kappa shape index (κ1) is 11.9. The van der Waals surface area contributed by atoms with Crippen LogP contribution in [-0.4, -0.2) is 18.0 Å². The van der Waals surface area contributed by atoms with Gasteiger partial charge in [-0.05, 0) is 24.3 Å². The number of methoxy groups -OCH3 is 1. The summed E-state index contributed by atoms with van der Waals surface area (Å²) in [7, 11) is 1.55. The molecule has 1 aromatic heterocycles. The number of rotatable bonds is 3. The smallest absolute Gasteiger partial charge is 0.257 e. The van der Waals surface area contributed by atoms with Gasteiger partial charge in [-0.25, -0.2) is 0 Å². The molecule has 18 heavy (non-hydrogen) atoms. The number of nitrogens with two attached hydrogens (primary N) is 1. The van der Waals surface area contributed by atoms with Crippen molar-refractivity contribution < 1.29 is 9.53 Å². The molecule has 0 bridgehead atoms. The lowest BCUT2D eigenvalue weighted by Crippen LogP contribution is -2.14. The van der Waals surface area contributed by atoms with Gasteiger partial charge in [0.25, 0.3) is 5.91 Å². The van der Waals surface area contributed by atoms with Crippen molar-refractivity contribution >= 4 is 17.3 Å². The number of carbonyl (C=O) groups excluding carboxylic acids is 1. The highest BCUT2D eigenvalue weighted by atomic mass is 16.5. The summed E-state index contributed by atoms with van der Waals surface area (Å²) in [5.74, 6) is 0.356. The summed E-state index contributed by atoms with van der Waals surface area (Å²) in [6.07, 6.45) is 3.21. The zero-order valence-corrected chi connectivity index (χ0v) is 9.88. The molecule has 5 heteroatoms. The van der Waals surface area contributed by atoms with Gasteiger partial charge < -0.3 is 15.8 Å². The van der Waals surface area contributed by atoms with Gasteiger partial charge in [0.1, 0.15) is 5.75 Å². The van der Waals surface area contributed by atoms with Gasteiger partial charge in [-0.1, -0.05) is 0 Å². The van der Waals surface area contributed by atoms with Gasteiger partial charge in [-0.3, -0.25) is 9.78 Å². The van der Waals surface area contributed by atoms with Crippen LogP contribution in [0.2, 0.25) is 0 Å². The molecule has 0 fully saturated rings. The van der Waals surface area contributed by atoms with Gasteiger partial charge in [-0.2, -0.15) is 0 Å². The Kier molecular flexibility index (Phi) is 3.43. The SMILES string of the molecule is COc1ccc(C(=O)Nc2ccncc2)c(N)c1. The van der Waals surface area contributed by atoms with Crippen LogP contribution in [0.3, 0.4) is 0 Å². The highest BCUT2D eigenvalue weighted by Gasteiger charge is 2.10. The van der Waals surface area contributed by atoms with E-state index in [0.717, 1.165) is 0 Å². The van der Waals surface area contributed by atoms with Gasteiger partial charge in [-0.15, -0.1) is 0 Å².